The maximum absolute atomic E-state index is 6.47. The van der Waals surface area contributed by atoms with Crippen molar-refractivity contribution in [2.45, 2.75) is 25.0 Å². The molecule has 0 radical (unpaired) electrons. The molecule has 1 unspecified atom stereocenters. The first-order valence-electron chi connectivity index (χ1n) is 7.23. The van der Waals surface area contributed by atoms with Gasteiger partial charge in [0.05, 0.1) is 11.6 Å². The molecule has 2 aliphatic heterocycles. The molecular formula is C18H18N2O. The van der Waals surface area contributed by atoms with Crippen molar-refractivity contribution in [1.29, 1.82) is 0 Å². The average molecular weight is 278 g/mol. The summed E-state index contributed by atoms with van der Waals surface area (Å²) in [6.07, 6.45) is 1.95. The normalized spacial score (nSPS) is 24.6. The molecule has 0 fully saturated rings. The lowest BCUT2D eigenvalue weighted by Gasteiger charge is -2.44. The van der Waals surface area contributed by atoms with E-state index in [1.807, 2.05) is 30.5 Å². The Morgan fingerprint density at radius 2 is 1.71 bits per heavy atom. The van der Waals surface area contributed by atoms with Gasteiger partial charge in [-0.15, -0.1) is 0 Å². The van der Waals surface area contributed by atoms with Gasteiger partial charge in [-0.25, -0.2) is 0 Å². The highest BCUT2D eigenvalue weighted by Crippen LogP contribution is 2.53. The van der Waals surface area contributed by atoms with Gasteiger partial charge in [-0.05, 0) is 37.6 Å². The van der Waals surface area contributed by atoms with E-state index in [-0.39, 0.29) is 5.41 Å². The van der Waals surface area contributed by atoms with Gasteiger partial charge in [0, 0.05) is 12.7 Å². The Kier molecular flexibility index (Phi) is 2.30. The van der Waals surface area contributed by atoms with Crippen LogP contribution in [0.3, 0.4) is 0 Å². The van der Waals surface area contributed by atoms with Crippen molar-refractivity contribution in [3.05, 3.63) is 54.1 Å². The van der Waals surface area contributed by atoms with Gasteiger partial charge in [-0.1, -0.05) is 30.3 Å². The largest absolute Gasteiger partial charge is 0.459 e. The van der Waals surface area contributed by atoms with Crippen LogP contribution in [0.15, 0.2) is 53.5 Å². The van der Waals surface area contributed by atoms with Gasteiger partial charge >= 0.3 is 0 Å². The van der Waals surface area contributed by atoms with Crippen LogP contribution < -0.4 is 9.64 Å². The fourth-order valence-electron chi connectivity index (χ4n) is 3.53. The van der Waals surface area contributed by atoms with Gasteiger partial charge < -0.3 is 9.64 Å². The van der Waals surface area contributed by atoms with Crippen LogP contribution in [-0.2, 0) is 5.41 Å². The van der Waals surface area contributed by atoms with Gasteiger partial charge in [0.15, 0.2) is 0 Å². The second-order valence-corrected chi connectivity index (χ2v) is 6.23. The van der Waals surface area contributed by atoms with E-state index in [0.717, 1.165) is 11.4 Å². The quantitative estimate of drug-likeness (QED) is 0.730. The van der Waals surface area contributed by atoms with Gasteiger partial charge in [0.2, 0.25) is 5.72 Å². The van der Waals surface area contributed by atoms with Crippen molar-refractivity contribution in [2.24, 2.45) is 4.99 Å². The van der Waals surface area contributed by atoms with E-state index in [9.17, 15) is 0 Å². The van der Waals surface area contributed by atoms with Crippen LogP contribution >= 0.6 is 0 Å². The molecule has 1 atom stereocenters. The van der Waals surface area contributed by atoms with Crippen LogP contribution in [0.1, 0.15) is 19.4 Å². The lowest BCUT2D eigenvalue weighted by molar-refractivity contribution is 0.0824. The molecule has 0 amide bonds. The molecule has 0 aliphatic carbocycles. The third-order valence-electron chi connectivity index (χ3n) is 4.84. The summed E-state index contributed by atoms with van der Waals surface area (Å²) in [4.78, 5) is 6.86. The minimum absolute atomic E-state index is 0.185. The maximum atomic E-state index is 6.47. The SMILES string of the molecule is CN1c2ccccc2C(C)(C)C12C=Nc1ccccc1O2. The highest BCUT2D eigenvalue weighted by atomic mass is 16.5. The number of rotatable bonds is 0. The van der Waals surface area contributed by atoms with Crippen molar-refractivity contribution in [3.63, 3.8) is 0 Å². The molecule has 4 rings (SSSR count). The highest BCUT2D eigenvalue weighted by molar-refractivity contribution is 5.87. The molecule has 3 heteroatoms. The number of ether oxygens (including phenoxy) is 1. The summed E-state index contributed by atoms with van der Waals surface area (Å²) in [6, 6.07) is 16.4. The third-order valence-corrected chi connectivity index (χ3v) is 4.84. The number of likely N-dealkylation sites (N-methyl/N-ethyl adjacent to an activating group) is 1. The number of anilines is 1. The summed E-state index contributed by atoms with van der Waals surface area (Å²) < 4.78 is 6.47. The Bertz CT molecular complexity index is 750. The summed E-state index contributed by atoms with van der Waals surface area (Å²) >= 11 is 0. The fraction of sp³-hybridized carbons (Fsp3) is 0.278. The second kappa shape index (κ2) is 3.88. The number of hydrogen-bond donors (Lipinski definition) is 0. The van der Waals surface area contributed by atoms with Crippen molar-refractivity contribution in [3.8, 4) is 5.75 Å². The minimum atomic E-state index is -0.578. The molecule has 2 aliphatic rings. The Hall–Kier alpha value is -2.29. The number of fused-ring (bicyclic) bond motifs is 2. The lowest BCUT2D eigenvalue weighted by atomic mass is 9.77. The molecule has 3 nitrogen and oxygen atoms in total. The predicted octanol–water partition coefficient (Wildman–Crippen LogP) is 3.91. The molecule has 0 N–H and O–H groups in total. The topological polar surface area (TPSA) is 24.8 Å². The number of nitrogens with zero attached hydrogens (tertiary/aromatic N) is 2. The first kappa shape index (κ1) is 12.5. The lowest BCUT2D eigenvalue weighted by Crippen LogP contribution is -2.60. The van der Waals surface area contributed by atoms with Crippen LogP contribution in [0.5, 0.6) is 5.75 Å². The summed E-state index contributed by atoms with van der Waals surface area (Å²) in [5.41, 5.74) is 2.62. The standard InChI is InChI=1S/C18H18N2O/c1-17(2)13-8-4-6-10-15(13)20(3)18(17)12-19-14-9-5-7-11-16(14)21-18/h4-12H,1-3H3. The van der Waals surface area contributed by atoms with E-state index >= 15 is 0 Å². The molecule has 2 heterocycles. The molecule has 0 bridgehead atoms. The van der Waals surface area contributed by atoms with Crippen LogP contribution in [-0.4, -0.2) is 19.0 Å². The first-order valence-corrected chi connectivity index (χ1v) is 7.23. The second-order valence-electron chi connectivity index (χ2n) is 6.23. The zero-order valence-electron chi connectivity index (χ0n) is 12.5. The Labute approximate surface area is 124 Å². The van der Waals surface area contributed by atoms with Crippen LogP contribution in [0, 0.1) is 0 Å². The summed E-state index contributed by atoms with van der Waals surface area (Å²) in [5, 5.41) is 0. The summed E-state index contributed by atoms with van der Waals surface area (Å²) in [6.45, 7) is 4.44. The van der Waals surface area contributed by atoms with E-state index < -0.39 is 5.72 Å². The van der Waals surface area contributed by atoms with Gasteiger partial charge in [-0.2, -0.15) is 0 Å². The first-order chi connectivity index (χ1) is 10.1. The molecule has 21 heavy (non-hydrogen) atoms. The Morgan fingerprint density at radius 1 is 1.00 bits per heavy atom. The molecular weight excluding hydrogens is 260 g/mol. The molecule has 0 saturated carbocycles. The van der Waals surface area contributed by atoms with Gasteiger partial charge in [0.25, 0.3) is 0 Å². The average Bonchev–Trinajstić information content (AvgIpc) is 2.67. The maximum Gasteiger partial charge on any atom is 0.228 e. The minimum Gasteiger partial charge on any atom is -0.459 e. The molecule has 2 aromatic carbocycles. The number of aliphatic imine (C=N–C) groups is 1. The predicted molar refractivity (Wildman–Crippen MR) is 85.8 cm³/mol. The van der Waals surface area contributed by atoms with Crippen molar-refractivity contribution >= 4 is 17.6 Å². The number of para-hydroxylation sites is 3. The van der Waals surface area contributed by atoms with Crippen molar-refractivity contribution < 1.29 is 4.74 Å². The zero-order chi connectivity index (χ0) is 14.7. The Balaban J connectivity index is 1.92. The third kappa shape index (κ3) is 1.41. The molecule has 0 saturated heterocycles. The van der Waals surface area contributed by atoms with Gasteiger partial charge in [0.1, 0.15) is 11.4 Å². The van der Waals surface area contributed by atoms with Crippen LogP contribution in [0.4, 0.5) is 11.4 Å². The monoisotopic (exact) mass is 278 g/mol. The fourth-order valence-corrected chi connectivity index (χ4v) is 3.53. The molecule has 106 valence electrons. The number of benzene rings is 2. The molecule has 2 aromatic rings. The molecule has 1 spiro atoms. The van der Waals surface area contributed by atoms with E-state index in [1.165, 1.54) is 11.3 Å². The summed E-state index contributed by atoms with van der Waals surface area (Å²) in [5.74, 6) is 0.840. The van der Waals surface area contributed by atoms with E-state index in [1.54, 1.807) is 0 Å². The van der Waals surface area contributed by atoms with E-state index in [2.05, 4.69) is 55.1 Å². The van der Waals surface area contributed by atoms with Crippen molar-refractivity contribution in [2.75, 3.05) is 11.9 Å². The number of hydrogen-bond acceptors (Lipinski definition) is 3. The Morgan fingerprint density at radius 3 is 2.52 bits per heavy atom. The van der Waals surface area contributed by atoms with Crippen LogP contribution in [0.25, 0.3) is 0 Å². The smallest absolute Gasteiger partial charge is 0.228 e. The highest BCUT2D eigenvalue weighted by Gasteiger charge is 2.58. The van der Waals surface area contributed by atoms with Crippen LogP contribution in [0.2, 0.25) is 0 Å². The molecule has 0 aromatic heterocycles. The zero-order valence-corrected chi connectivity index (χ0v) is 12.5. The van der Waals surface area contributed by atoms with E-state index in [0.29, 0.717) is 0 Å². The summed E-state index contributed by atoms with van der Waals surface area (Å²) in [7, 11) is 2.08. The van der Waals surface area contributed by atoms with Crippen molar-refractivity contribution in [1.82, 2.24) is 0 Å². The van der Waals surface area contributed by atoms with Gasteiger partial charge in [-0.3, -0.25) is 4.99 Å². The van der Waals surface area contributed by atoms with E-state index in [4.69, 9.17) is 4.74 Å².